The van der Waals surface area contributed by atoms with Gasteiger partial charge in [-0.15, -0.1) is 11.3 Å². The Morgan fingerprint density at radius 2 is 2.43 bits per heavy atom. The maximum Gasteiger partial charge on any atom is 0.306 e. The fourth-order valence-electron chi connectivity index (χ4n) is 1.01. The molecule has 70 valence electrons. The molecule has 2 rings (SSSR count). The van der Waals surface area contributed by atoms with Crippen LogP contribution in [0.4, 0.5) is 0 Å². The summed E-state index contributed by atoms with van der Waals surface area (Å²) in [5.74, 6) is 0. The van der Waals surface area contributed by atoms with Crippen LogP contribution >= 0.6 is 34.4 Å². The number of thiocyanates is 1. The van der Waals surface area contributed by atoms with Crippen LogP contribution in [-0.4, -0.2) is 4.98 Å². The number of nitrogens with zero attached hydrogens (tertiary/aromatic N) is 1. The Morgan fingerprint density at radius 3 is 3.07 bits per heavy atom. The average Bonchev–Trinajstić information content (AvgIpc) is 2.74. The van der Waals surface area contributed by atoms with E-state index in [4.69, 9.17) is 5.26 Å². The van der Waals surface area contributed by atoms with Gasteiger partial charge in [-0.25, -0.2) is 0 Å². The number of hydrogen-bond donors (Lipinski definition) is 1. The fourth-order valence-corrected chi connectivity index (χ4v) is 3.31. The molecular formula is C8H4N2OS3. The van der Waals surface area contributed by atoms with Crippen molar-refractivity contribution in [2.24, 2.45) is 0 Å². The highest BCUT2D eigenvalue weighted by atomic mass is 32.2. The molecule has 0 aliphatic carbocycles. The standard InChI is InChI=1S/C8H4N2OS3/c9-4-13-7-6(10-8(11)14-7)5-2-1-3-12-5/h1-3H,(H,10,11). The van der Waals surface area contributed by atoms with E-state index in [0.717, 1.165) is 37.9 Å². The van der Waals surface area contributed by atoms with Crippen molar-refractivity contribution in [2.75, 3.05) is 0 Å². The summed E-state index contributed by atoms with van der Waals surface area (Å²) in [5.41, 5.74) is 0.765. The number of thiophene rings is 1. The Morgan fingerprint density at radius 1 is 1.57 bits per heavy atom. The van der Waals surface area contributed by atoms with Gasteiger partial charge in [0.25, 0.3) is 0 Å². The van der Waals surface area contributed by atoms with Crippen molar-refractivity contribution in [1.82, 2.24) is 4.98 Å². The summed E-state index contributed by atoms with van der Waals surface area (Å²) in [4.78, 5) is 14.7. The van der Waals surface area contributed by atoms with Gasteiger partial charge in [0.2, 0.25) is 0 Å². The second kappa shape index (κ2) is 4.00. The number of thiazole rings is 1. The largest absolute Gasteiger partial charge is 0.311 e. The summed E-state index contributed by atoms with van der Waals surface area (Å²) in [6.07, 6.45) is 0. The SMILES string of the molecule is N#CSc1sc(=O)[nH]c1-c1cccs1. The summed E-state index contributed by atoms with van der Waals surface area (Å²) in [7, 11) is 0. The summed E-state index contributed by atoms with van der Waals surface area (Å²) in [6.45, 7) is 0. The minimum atomic E-state index is -0.119. The lowest BCUT2D eigenvalue weighted by molar-refractivity contribution is 1.33. The number of rotatable bonds is 2. The van der Waals surface area contributed by atoms with Crippen LogP contribution in [-0.2, 0) is 0 Å². The molecule has 2 heterocycles. The smallest absolute Gasteiger partial charge is 0.306 e. The molecule has 0 radical (unpaired) electrons. The fraction of sp³-hybridized carbons (Fsp3) is 0. The Bertz CT molecular complexity index is 518. The molecule has 3 nitrogen and oxygen atoms in total. The molecular weight excluding hydrogens is 236 g/mol. The van der Waals surface area contributed by atoms with Gasteiger partial charge < -0.3 is 4.98 Å². The Balaban J connectivity index is 2.53. The average molecular weight is 240 g/mol. The van der Waals surface area contributed by atoms with E-state index < -0.39 is 0 Å². The summed E-state index contributed by atoms with van der Waals surface area (Å²) in [6, 6.07) is 3.83. The lowest BCUT2D eigenvalue weighted by atomic mass is 10.4. The van der Waals surface area contributed by atoms with Gasteiger partial charge in [0.15, 0.2) is 0 Å². The van der Waals surface area contributed by atoms with Gasteiger partial charge >= 0.3 is 4.87 Å². The first-order chi connectivity index (χ1) is 6.81. The number of nitrogens with one attached hydrogen (secondary N) is 1. The van der Waals surface area contributed by atoms with Crippen molar-refractivity contribution in [3.63, 3.8) is 0 Å². The van der Waals surface area contributed by atoms with Crippen molar-refractivity contribution in [3.05, 3.63) is 27.2 Å². The lowest BCUT2D eigenvalue weighted by Crippen LogP contribution is -1.91. The molecule has 0 saturated heterocycles. The maximum absolute atomic E-state index is 11.1. The maximum atomic E-state index is 11.1. The predicted octanol–water partition coefficient (Wildman–Crippen LogP) is 2.74. The van der Waals surface area contributed by atoms with Gasteiger partial charge in [0, 0.05) is 11.8 Å². The van der Waals surface area contributed by atoms with Crippen LogP contribution in [0.15, 0.2) is 26.5 Å². The molecule has 0 aliphatic heterocycles. The zero-order chi connectivity index (χ0) is 9.97. The van der Waals surface area contributed by atoms with E-state index in [1.54, 1.807) is 11.3 Å². The van der Waals surface area contributed by atoms with E-state index in [1.165, 1.54) is 0 Å². The Labute approximate surface area is 92.0 Å². The Hall–Kier alpha value is -1.03. The van der Waals surface area contributed by atoms with Crippen LogP contribution in [0.1, 0.15) is 0 Å². The van der Waals surface area contributed by atoms with Crippen molar-refractivity contribution in [3.8, 4) is 16.0 Å². The predicted molar refractivity (Wildman–Crippen MR) is 59.7 cm³/mol. The summed E-state index contributed by atoms with van der Waals surface area (Å²) < 4.78 is 0.736. The molecule has 2 aromatic rings. The minimum Gasteiger partial charge on any atom is -0.311 e. The monoisotopic (exact) mass is 240 g/mol. The molecule has 0 amide bonds. The third-order valence-corrected chi connectivity index (χ3v) is 4.07. The van der Waals surface area contributed by atoms with Crippen LogP contribution in [0.5, 0.6) is 0 Å². The quantitative estimate of drug-likeness (QED) is 0.648. The molecule has 0 atom stereocenters. The topological polar surface area (TPSA) is 56.6 Å². The van der Waals surface area contributed by atoms with E-state index in [-0.39, 0.29) is 4.87 Å². The molecule has 0 aliphatic rings. The first-order valence-corrected chi connectivity index (χ1v) is 6.15. The number of thioether (sulfide) groups is 1. The normalized spacial score (nSPS) is 9.93. The first-order valence-electron chi connectivity index (χ1n) is 3.64. The van der Waals surface area contributed by atoms with E-state index >= 15 is 0 Å². The van der Waals surface area contributed by atoms with Gasteiger partial charge in [-0.2, -0.15) is 5.26 Å². The van der Waals surface area contributed by atoms with Crippen molar-refractivity contribution < 1.29 is 0 Å². The van der Waals surface area contributed by atoms with Gasteiger partial charge in [0.1, 0.15) is 9.61 Å². The number of nitriles is 1. The van der Waals surface area contributed by atoms with E-state index in [2.05, 4.69) is 4.98 Å². The molecule has 2 aromatic heterocycles. The highest BCUT2D eigenvalue weighted by Crippen LogP contribution is 2.33. The lowest BCUT2D eigenvalue weighted by Gasteiger charge is -1.92. The molecule has 0 saturated carbocycles. The highest BCUT2D eigenvalue weighted by Gasteiger charge is 2.11. The number of H-pyrrole nitrogens is 1. The first kappa shape index (κ1) is 9.52. The van der Waals surface area contributed by atoms with Crippen LogP contribution in [0.2, 0.25) is 0 Å². The molecule has 0 spiro atoms. The van der Waals surface area contributed by atoms with Crippen LogP contribution < -0.4 is 4.87 Å². The van der Waals surface area contributed by atoms with Crippen LogP contribution in [0.3, 0.4) is 0 Å². The molecule has 0 unspecified atom stereocenters. The minimum absolute atomic E-state index is 0.119. The highest BCUT2D eigenvalue weighted by molar-refractivity contribution is 8.05. The zero-order valence-corrected chi connectivity index (χ0v) is 9.26. The van der Waals surface area contributed by atoms with Gasteiger partial charge in [-0.1, -0.05) is 17.4 Å². The number of aromatic amines is 1. The zero-order valence-electron chi connectivity index (χ0n) is 6.81. The van der Waals surface area contributed by atoms with Crippen LogP contribution in [0, 0.1) is 10.7 Å². The molecule has 14 heavy (non-hydrogen) atoms. The van der Waals surface area contributed by atoms with E-state index in [9.17, 15) is 4.79 Å². The molecule has 1 N–H and O–H groups in total. The molecule has 0 fully saturated rings. The van der Waals surface area contributed by atoms with Crippen molar-refractivity contribution >= 4 is 34.4 Å². The molecule has 0 aromatic carbocycles. The number of aromatic nitrogens is 1. The molecule has 6 heteroatoms. The van der Waals surface area contributed by atoms with Gasteiger partial charge in [-0.05, 0) is 11.4 Å². The summed E-state index contributed by atoms with van der Waals surface area (Å²) >= 11 is 3.64. The van der Waals surface area contributed by atoms with Crippen molar-refractivity contribution in [1.29, 1.82) is 5.26 Å². The Kier molecular flexibility index (Phi) is 2.72. The third-order valence-electron chi connectivity index (χ3n) is 1.52. The second-order valence-corrected chi connectivity index (χ2v) is 5.33. The third kappa shape index (κ3) is 1.75. The number of hydrogen-bond acceptors (Lipinski definition) is 5. The van der Waals surface area contributed by atoms with Crippen LogP contribution in [0.25, 0.3) is 10.6 Å². The van der Waals surface area contributed by atoms with Gasteiger partial charge in [0.05, 0.1) is 10.6 Å². The van der Waals surface area contributed by atoms with E-state index in [0.29, 0.717) is 0 Å². The molecule has 0 bridgehead atoms. The van der Waals surface area contributed by atoms with Crippen molar-refractivity contribution in [2.45, 2.75) is 4.21 Å². The second-order valence-electron chi connectivity index (χ2n) is 2.35. The van der Waals surface area contributed by atoms with Gasteiger partial charge in [-0.3, -0.25) is 4.79 Å². The summed E-state index contributed by atoms with van der Waals surface area (Å²) in [5, 5.41) is 12.5. The van der Waals surface area contributed by atoms with E-state index in [1.807, 2.05) is 22.9 Å².